The number of amides is 1. The third kappa shape index (κ3) is 4.99. The molecule has 0 radical (unpaired) electrons. The Labute approximate surface area is 173 Å². The van der Waals surface area contributed by atoms with Gasteiger partial charge in [0.05, 0.1) is 11.6 Å². The van der Waals surface area contributed by atoms with Crippen LogP contribution in [-0.4, -0.2) is 36.7 Å². The highest BCUT2D eigenvalue weighted by Gasteiger charge is 2.33. The topological polar surface area (TPSA) is 79.4 Å². The maximum atomic E-state index is 12.7. The second-order valence-corrected chi connectivity index (χ2v) is 9.16. The molecule has 10 heteroatoms. The van der Waals surface area contributed by atoms with E-state index in [4.69, 9.17) is 0 Å². The fraction of sp³-hybridized carbons (Fsp3) is 0.400. The first kappa shape index (κ1) is 22.2. The number of alkyl halides is 3. The van der Waals surface area contributed by atoms with E-state index in [1.165, 1.54) is 34.9 Å². The fourth-order valence-electron chi connectivity index (χ4n) is 3.38. The largest absolute Gasteiger partial charge is 0.416 e. The van der Waals surface area contributed by atoms with Crippen molar-refractivity contribution in [1.82, 2.24) is 14.6 Å². The van der Waals surface area contributed by atoms with Crippen molar-refractivity contribution in [3.05, 3.63) is 59.9 Å². The number of rotatable bonds is 5. The van der Waals surface area contributed by atoms with Crippen LogP contribution < -0.4 is 5.32 Å². The Morgan fingerprint density at radius 3 is 2.33 bits per heavy atom. The van der Waals surface area contributed by atoms with Gasteiger partial charge in [-0.1, -0.05) is 12.1 Å². The fourth-order valence-corrected chi connectivity index (χ4v) is 4.82. The van der Waals surface area contributed by atoms with Crippen LogP contribution in [0.5, 0.6) is 0 Å². The standard InChI is InChI=1S/C20H22F3N3O3S/c1-14(15-4-6-17(7-5-15)20(21,22)23)25-19(27)16-8-11-26(12-9-16)30(28,29)18-3-2-10-24-13-18/h2-7,10,13-14,16H,8-9,11-12H2,1H3,(H,25,27). The summed E-state index contributed by atoms with van der Waals surface area (Å²) in [6.45, 7) is 2.12. The molecular formula is C20H22F3N3O3S. The molecule has 0 bridgehead atoms. The first-order valence-corrected chi connectivity index (χ1v) is 10.9. The Balaban J connectivity index is 1.56. The molecule has 1 aliphatic rings. The monoisotopic (exact) mass is 441 g/mol. The summed E-state index contributed by atoms with van der Waals surface area (Å²) in [5.41, 5.74) is -0.181. The van der Waals surface area contributed by atoms with Gasteiger partial charge in [-0.05, 0) is 49.6 Å². The van der Waals surface area contributed by atoms with Crippen molar-refractivity contribution < 1.29 is 26.4 Å². The first-order chi connectivity index (χ1) is 14.1. The number of sulfonamides is 1. The molecule has 1 atom stereocenters. The highest BCUT2D eigenvalue weighted by Crippen LogP contribution is 2.30. The van der Waals surface area contributed by atoms with Crippen LogP contribution in [0.3, 0.4) is 0 Å². The van der Waals surface area contributed by atoms with Crippen molar-refractivity contribution in [2.75, 3.05) is 13.1 Å². The molecule has 0 saturated carbocycles. The molecule has 6 nitrogen and oxygen atoms in total. The summed E-state index contributed by atoms with van der Waals surface area (Å²) in [5.74, 6) is -0.594. The van der Waals surface area contributed by atoms with Crippen molar-refractivity contribution in [3.8, 4) is 0 Å². The van der Waals surface area contributed by atoms with Gasteiger partial charge in [0, 0.05) is 31.4 Å². The smallest absolute Gasteiger partial charge is 0.349 e. The van der Waals surface area contributed by atoms with Gasteiger partial charge in [-0.15, -0.1) is 0 Å². The Morgan fingerprint density at radius 1 is 1.17 bits per heavy atom. The van der Waals surface area contributed by atoms with Crippen molar-refractivity contribution in [2.45, 2.75) is 36.9 Å². The number of hydrogen-bond donors (Lipinski definition) is 1. The number of halogens is 3. The van der Waals surface area contributed by atoms with Gasteiger partial charge >= 0.3 is 6.18 Å². The lowest BCUT2D eigenvalue weighted by molar-refractivity contribution is -0.137. The van der Waals surface area contributed by atoms with Crippen molar-refractivity contribution in [3.63, 3.8) is 0 Å². The summed E-state index contributed by atoms with van der Waals surface area (Å²) < 4.78 is 64.6. The maximum Gasteiger partial charge on any atom is 0.416 e. The van der Waals surface area contributed by atoms with Crippen LogP contribution in [0, 0.1) is 5.92 Å². The number of carbonyl (C=O) groups is 1. The van der Waals surface area contributed by atoms with Gasteiger partial charge in [0.25, 0.3) is 0 Å². The Bertz CT molecular complexity index is 972. The van der Waals surface area contributed by atoms with E-state index in [0.717, 1.165) is 12.1 Å². The van der Waals surface area contributed by atoms with E-state index in [1.54, 1.807) is 13.0 Å². The lowest BCUT2D eigenvalue weighted by atomic mass is 9.96. The quantitative estimate of drug-likeness (QED) is 0.772. The Hall–Kier alpha value is -2.46. The number of hydrogen-bond acceptors (Lipinski definition) is 4. The number of piperidine rings is 1. The van der Waals surface area contributed by atoms with Crippen molar-refractivity contribution in [2.24, 2.45) is 5.92 Å². The summed E-state index contributed by atoms with van der Waals surface area (Å²) in [6, 6.07) is 7.23. The Morgan fingerprint density at radius 2 is 1.80 bits per heavy atom. The van der Waals surface area contributed by atoms with Gasteiger partial charge in [0.2, 0.25) is 15.9 Å². The number of benzene rings is 1. The van der Waals surface area contributed by atoms with Gasteiger partial charge in [0.15, 0.2) is 0 Å². The normalized spacial score (nSPS) is 17.5. The predicted molar refractivity (Wildman–Crippen MR) is 104 cm³/mol. The third-order valence-electron chi connectivity index (χ3n) is 5.19. The predicted octanol–water partition coefficient (Wildman–Crippen LogP) is 3.38. The number of pyridine rings is 1. The van der Waals surface area contributed by atoms with Gasteiger partial charge < -0.3 is 5.32 Å². The molecule has 30 heavy (non-hydrogen) atoms. The van der Waals surface area contributed by atoms with E-state index in [0.29, 0.717) is 18.4 Å². The minimum absolute atomic E-state index is 0.115. The van der Waals surface area contributed by atoms with Crippen LogP contribution in [0.25, 0.3) is 0 Å². The Kier molecular flexibility index (Phi) is 6.47. The summed E-state index contributed by atoms with van der Waals surface area (Å²) >= 11 is 0. The van der Waals surface area contributed by atoms with E-state index in [9.17, 15) is 26.4 Å². The van der Waals surface area contributed by atoms with Crippen LogP contribution in [0.15, 0.2) is 53.7 Å². The van der Waals surface area contributed by atoms with E-state index >= 15 is 0 Å². The minimum Gasteiger partial charge on any atom is -0.349 e. The average Bonchev–Trinajstić information content (AvgIpc) is 2.74. The zero-order valence-corrected chi connectivity index (χ0v) is 17.1. The lowest BCUT2D eigenvalue weighted by Crippen LogP contribution is -2.43. The van der Waals surface area contributed by atoms with Crippen molar-refractivity contribution >= 4 is 15.9 Å². The highest BCUT2D eigenvalue weighted by molar-refractivity contribution is 7.89. The molecule has 3 rings (SSSR count). The van der Waals surface area contributed by atoms with E-state index in [-0.39, 0.29) is 29.8 Å². The minimum atomic E-state index is -4.41. The molecule has 1 N–H and O–H groups in total. The molecule has 0 spiro atoms. The van der Waals surface area contributed by atoms with Crippen LogP contribution in [-0.2, 0) is 21.0 Å². The molecule has 1 unspecified atom stereocenters. The lowest BCUT2D eigenvalue weighted by Gasteiger charge is -2.31. The molecule has 1 aliphatic heterocycles. The molecule has 1 aromatic carbocycles. The second-order valence-electron chi connectivity index (χ2n) is 7.22. The SMILES string of the molecule is CC(NC(=O)C1CCN(S(=O)(=O)c2cccnc2)CC1)c1ccc(C(F)(F)F)cc1. The van der Waals surface area contributed by atoms with Gasteiger partial charge in [-0.3, -0.25) is 9.78 Å². The summed E-state index contributed by atoms with van der Waals surface area (Å²) in [4.78, 5) is 16.5. The molecule has 1 fully saturated rings. The first-order valence-electron chi connectivity index (χ1n) is 9.47. The highest BCUT2D eigenvalue weighted by atomic mass is 32.2. The molecular weight excluding hydrogens is 419 g/mol. The average molecular weight is 441 g/mol. The van der Waals surface area contributed by atoms with Crippen LogP contribution in [0.1, 0.15) is 36.9 Å². The molecule has 1 aromatic heterocycles. The summed E-state index contributed by atoms with van der Waals surface area (Å²) in [6.07, 6.45) is -0.890. The van der Waals surface area contributed by atoms with Crippen molar-refractivity contribution in [1.29, 1.82) is 0 Å². The molecule has 1 amide bonds. The molecule has 2 aromatic rings. The van der Waals surface area contributed by atoms with E-state index in [2.05, 4.69) is 10.3 Å². The van der Waals surface area contributed by atoms with Gasteiger partial charge in [-0.2, -0.15) is 17.5 Å². The van der Waals surface area contributed by atoms with E-state index < -0.39 is 27.8 Å². The summed E-state index contributed by atoms with van der Waals surface area (Å²) in [5, 5.41) is 2.81. The molecule has 162 valence electrons. The van der Waals surface area contributed by atoms with Gasteiger partial charge in [-0.25, -0.2) is 8.42 Å². The number of nitrogens with one attached hydrogen (secondary N) is 1. The molecule has 1 saturated heterocycles. The summed E-state index contributed by atoms with van der Waals surface area (Å²) in [7, 11) is -3.65. The molecule has 2 heterocycles. The number of carbonyl (C=O) groups excluding carboxylic acids is 1. The number of nitrogens with zero attached hydrogens (tertiary/aromatic N) is 2. The zero-order chi connectivity index (χ0) is 21.9. The zero-order valence-electron chi connectivity index (χ0n) is 16.3. The van der Waals surface area contributed by atoms with Crippen LogP contribution >= 0.6 is 0 Å². The molecule has 0 aliphatic carbocycles. The maximum absolute atomic E-state index is 12.7. The van der Waals surface area contributed by atoms with E-state index in [1.807, 2.05) is 0 Å². The second kappa shape index (κ2) is 8.73. The third-order valence-corrected chi connectivity index (χ3v) is 7.08. The number of aromatic nitrogens is 1. The van der Waals surface area contributed by atoms with Crippen LogP contribution in [0.2, 0.25) is 0 Å². The van der Waals surface area contributed by atoms with Gasteiger partial charge in [0.1, 0.15) is 4.90 Å². The van der Waals surface area contributed by atoms with Crippen LogP contribution in [0.4, 0.5) is 13.2 Å².